The fourth-order valence-electron chi connectivity index (χ4n) is 4.39. The van der Waals surface area contributed by atoms with Crippen molar-refractivity contribution in [3.05, 3.63) is 88.9 Å². The van der Waals surface area contributed by atoms with Gasteiger partial charge in [-0.3, -0.25) is 9.10 Å². The summed E-state index contributed by atoms with van der Waals surface area (Å²) in [4.78, 5) is 32.0. The van der Waals surface area contributed by atoms with Gasteiger partial charge < -0.3 is 10.2 Å². The van der Waals surface area contributed by atoms with E-state index < -0.39 is 40.4 Å². The Balaban J connectivity index is 1.40. The van der Waals surface area contributed by atoms with E-state index in [1.54, 1.807) is 17.6 Å². The molecule has 3 aromatic carbocycles. The second kappa shape index (κ2) is 10.8. The summed E-state index contributed by atoms with van der Waals surface area (Å²) in [5.74, 6) is -2.16. The number of amides is 3. The van der Waals surface area contributed by atoms with Gasteiger partial charge >= 0.3 is 6.03 Å². The van der Waals surface area contributed by atoms with Crippen LogP contribution in [0.15, 0.2) is 70.5 Å². The summed E-state index contributed by atoms with van der Waals surface area (Å²) >= 11 is 1.46. The molecule has 0 aliphatic carbocycles. The molecule has 38 heavy (non-hydrogen) atoms. The molecule has 196 valence electrons. The third-order valence-electron chi connectivity index (χ3n) is 6.24. The van der Waals surface area contributed by atoms with Crippen molar-refractivity contribution in [3.63, 3.8) is 0 Å². The van der Waals surface area contributed by atoms with E-state index in [-0.39, 0.29) is 12.0 Å². The Morgan fingerprint density at radius 3 is 2.71 bits per heavy atom. The molecule has 0 spiro atoms. The summed E-state index contributed by atoms with van der Waals surface area (Å²) in [6.45, 7) is 0.443. The van der Waals surface area contributed by atoms with Gasteiger partial charge in [0.15, 0.2) is 0 Å². The molecule has 8 nitrogen and oxygen atoms in total. The SMILES string of the molecule is CN(C(=O)[C@H](Cc1cc(F)cc(F)c1)NC(=O)/N=[SH](=O)/N1CCc2ccccc21)c1ccc2scnc2c1. The monoisotopic (exact) mass is 555 g/mol. The molecule has 1 unspecified atom stereocenters. The number of thiazole rings is 1. The molecule has 0 saturated carbocycles. The highest BCUT2D eigenvalue weighted by molar-refractivity contribution is 7.76. The molecule has 12 heteroatoms. The van der Waals surface area contributed by atoms with Crippen LogP contribution in [0.3, 0.4) is 0 Å². The third-order valence-corrected chi connectivity index (χ3v) is 8.23. The van der Waals surface area contributed by atoms with Crippen molar-refractivity contribution >= 4 is 55.6 Å². The lowest BCUT2D eigenvalue weighted by molar-refractivity contribution is -0.120. The first-order chi connectivity index (χ1) is 18.3. The molecule has 0 bridgehead atoms. The zero-order valence-electron chi connectivity index (χ0n) is 20.2. The Hall–Kier alpha value is -3.90. The van der Waals surface area contributed by atoms with Crippen LogP contribution in [0.25, 0.3) is 10.2 Å². The topological polar surface area (TPSA) is 95.0 Å². The van der Waals surface area contributed by atoms with Crippen molar-refractivity contribution in [3.8, 4) is 0 Å². The highest BCUT2D eigenvalue weighted by atomic mass is 32.2. The lowest BCUT2D eigenvalue weighted by Gasteiger charge is -2.24. The lowest BCUT2D eigenvalue weighted by Crippen LogP contribution is -2.48. The number of hydrogen-bond donors (Lipinski definition) is 2. The van der Waals surface area contributed by atoms with E-state index >= 15 is 0 Å². The first-order valence-corrected chi connectivity index (χ1v) is 13.7. The molecule has 1 aliphatic rings. The van der Waals surface area contributed by atoms with Gasteiger partial charge in [-0.1, -0.05) is 18.2 Å². The van der Waals surface area contributed by atoms with Crippen LogP contribution in [0.5, 0.6) is 0 Å². The maximum atomic E-state index is 13.9. The van der Waals surface area contributed by atoms with Gasteiger partial charge in [0.05, 0.1) is 21.4 Å². The van der Waals surface area contributed by atoms with Gasteiger partial charge in [-0.25, -0.2) is 22.8 Å². The van der Waals surface area contributed by atoms with E-state index in [1.807, 2.05) is 30.3 Å². The molecule has 0 fully saturated rings. The van der Waals surface area contributed by atoms with Crippen LogP contribution in [0, 0.1) is 11.6 Å². The van der Waals surface area contributed by atoms with Crippen molar-refractivity contribution in [1.82, 2.24) is 10.3 Å². The molecule has 4 aromatic rings. The third kappa shape index (κ3) is 5.50. The normalized spacial score (nSPS) is 14.3. The second-order valence-electron chi connectivity index (χ2n) is 8.74. The number of rotatable bonds is 6. The van der Waals surface area contributed by atoms with Gasteiger partial charge in [0.25, 0.3) is 0 Å². The number of likely N-dealkylation sites (N-methyl/N-ethyl adjacent to an activating group) is 1. The number of carbonyl (C=O) groups excluding carboxylic acids is 2. The zero-order chi connectivity index (χ0) is 26.8. The lowest BCUT2D eigenvalue weighted by atomic mass is 10.0. The number of thiol groups is 1. The van der Waals surface area contributed by atoms with Gasteiger partial charge in [0, 0.05) is 31.8 Å². The average molecular weight is 556 g/mol. The number of anilines is 2. The quantitative estimate of drug-likeness (QED) is 0.343. The predicted molar refractivity (Wildman–Crippen MR) is 145 cm³/mol. The maximum absolute atomic E-state index is 13.9. The number of carbonyl (C=O) groups is 2. The Morgan fingerprint density at radius 2 is 1.92 bits per heavy atom. The molecule has 5 rings (SSSR count). The summed E-state index contributed by atoms with van der Waals surface area (Å²) in [7, 11) is -0.929. The Labute approximate surface area is 223 Å². The molecule has 0 saturated heterocycles. The summed E-state index contributed by atoms with van der Waals surface area (Å²) in [5.41, 5.74) is 4.84. The molecule has 2 heterocycles. The van der Waals surface area contributed by atoms with Crippen molar-refractivity contribution in [2.24, 2.45) is 4.36 Å². The minimum atomic E-state index is -2.46. The fraction of sp³-hybridized carbons (Fsp3) is 0.192. The zero-order valence-corrected chi connectivity index (χ0v) is 21.9. The number of para-hydroxylation sites is 1. The van der Waals surface area contributed by atoms with Crippen LogP contribution in [-0.2, 0) is 28.4 Å². The van der Waals surface area contributed by atoms with E-state index in [1.165, 1.54) is 27.6 Å². The molecule has 1 aliphatic heterocycles. The first kappa shape index (κ1) is 25.7. The number of halogens is 2. The second-order valence-corrected chi connectivity index (χ2v) is 10.8. The molecule has 3 amide bonds. The van der Waals surface area contributed by atoms with Crippen LogP contribution in [0.2, 0.25) is 0 Å². The molecule has 0 radical (unpaired) electrons. The van der Waals surface area contributed by atoms with E-state index in [4.69, 9.17) is 0 Å². The molecule has 1 N–H and O–H groups in total. The smallest absolute Gasteiger partial charge is 0.324 e. The molecule has 1 aromatic heterocycles. The van der Waals surface area contributed by atoms with Crippen LogP contribution < -0.4 is 14.5 Å². The maximum Gasteiger partial charge on any atom is 0.351 e. The minimum Gasteiger partial charge on any atom is -0.324 e. The summed E-state index contributed by atoms with van der Waals surface area (Å²) in [5, 5.41) is 2.50. The van der Waals surface area contributed by atoms with Gasteiger partial charge in [-0.2, -0.15) is 0 Å². The molecule has 2 atom stereocenters. The molecular weight excluding hydrogens is 532 g/mol. The number of aromatic nitrogens is 1. The van der Waals surface area contributed by atoms with Crippen molar-refractivity contribution in [1.29, 1.82) is 0 Å². The summed E-state index contributed by atoms with van der Waals surface area (Å²) < 4.78 is 46.9. The van der Waals surface area contributed by atoms with Crippen LogP contribution in [0.1, 0.15) is 11.1 Å². The highest BCUT2D eigenvalue weighted by Gasteiger charge is 2.27. The standard InChI is InChI=1S/C26H23F2N5O3S2/c1-32(20-6-7-24-21(14-20)29-15-37-24)25(34)22(12-16-10-18(27)13-19(28)11-16)30-26(35)31-38(36)33-9-8-17-4-2-3-5-23(17)33/h2-7,10-11,13-15,22,38H,8-9,12H2,1H3,(H,30,35)/t22-/m0/s1. The summed E-state index contributed by atoms with van der Waals surface area (Å²) in [6.07, 6.45) is 0.468. The first-order valence-electron chi connectivity index (χ1n) is 11.7. The number of fused-ring (bicyclic) bond motifs is 2. The van der Waals surface area contributed by atoms with Crippen LogP contribution >= 0.6 is 11.3 Å². The Bertz CT molecular complexity index is 1600. The highest BCUT2D eigenvalue weighted by Crippen LogP contribution is 2.28. The van der Waals surface area contributed by atoms with Crippen LogP contribution in [-0.4, -0.2) is 40.8 Å². The summed E-state index contributed by atoms with van der Waals surface area (Å²) in [6, 6.07) is 13.4. The van der Waals surface area contributed by atoms with E-state index in [0.717, 1.165) is 34.1 Å². The van der Waals surface area contributed by atoms with Crippen LogP contribution in [0.4, 0.5) is 25.0 Å². The number of hydrogen-bond acceptors (Lipinski definition) is 5. The Kier molecular flexibility index (Phi) is 7.34. The van der Waals surface area contributed by atoms with E-state index in [0.29, 0.717) is 24.2 Å². The fourth-order valence-corrected chi connectivity index (χ4v) is 6.02. The number of nitrogens with zero attached hydrogens (tertiary/aromatic N) is 4. The number of nitrogens with one attached hydrogen (secondary N) is 1. The van der Waals surface area contributed by atoms with Gasteiger partial charge in [-0.05, 0) is 53.9 Å². The van der Waals surface area contributed by atoms with Gasteiger partial charge in [0.1, 0.15) is 28.5 Å². The van der Waals surface area contributed by atoms with Crippen molar-refractivity contribution < 1.29 is 22.6 Å². The number of benzene rings is 3. The van der Waals surface area contributed by atoms with E-state index in [9.17, 15) is 22.6 Å². The minimum absolute atomic E-state index is 0.169. The van der Waals surface area contributed by atoms with E-state index in [2.05, 4.69) is 14.7 Å². The van der Waals surface area contributed by atoms with Gasteiger partial charge in [0.2, 0.25) is 5.91 Å². The van der Waals surface area contributed by atoms with Crippen molar-refractivity contribution in [2.75, 3.05) is 22.8 Å². The largest absolute Gasteiger partial charge is 0.351 e. The average Bonchev–Trinajstić information content (AvgIpc) is 3.53. The number of urea groups is 1. The van der Waals surface area contributed by atoms with Crippen molar-refractivity contribution in [2.45, 2.75) is 18.9 Å². The Morgan fingerprint density at radius 1 is 1.16 bits per heavy atom. The molecular formula is C26H23F2N5O3S2. The predicted octanol–water partition coefficient (Wildman–Crippen LogP) is 4.50. The van der Waals surface area contributed by atoms with Gasteiger partial charge in [-0.15, -0.1) is 15.7 Å².